The maximum atomic E-state index is 12.7. The summed E-state index contributed by atoms with van der Waals surface area (Å²) < 4.78 is 17.9. The van der Waals surface area contributed by atoms with Gasteiger partial charge in [0.2, 0.25) is 0 Å². The number of ether oxygens (including phenoxy) is 1. The number of Topliss-reactive ketones (excluding diaryl/α,β-unsaturated/α-hetero) is 1. The molecular formula is C13H16FNO2. The molecule has 0 spiro atoms. The van der Waals surface area contributed by atoms with Gasteiger partial charge in [-0.15, -0.1) is 0 Å². The molecule has 0 aromatic heterocycles. The Labute approximate surface area is 100.0 Å². The number of carbonyl (C=O) groups excluding carboxylic acids is 1. The van der Waals surface area contributed by atoms with Crippen LogP contribution in [0.3, 0.4) is 0 Å². The Kier molecular flexibility index (Phi) is 3.86. The average Bonchev–Trinajstić information content (AvgIpc) is 2.81. The SMILES string of the molecule is COC1CNC(C(=O)Cc2ccc(F)cc2)C1. The summed E-state index contributed by atoms with van der Waals surface area (Å²) in [6.07, 6.45) is 1.18. The van der Waals surface area contributed by atoms with E-state index in [1.165, 1.54) is 12.1 Å². The molecule has 4 heteroatoms. The van der Waals surface area contributed by atoms with Crippen LogP contribution in [-0.2, 0) is 16.0 Å². The molecule has 2 unspecified atom stereocenters. The number of hydrogen-bond donors (Lipinski definition) is 1. The van der Waals surface area contributed by atoms with Gasteiger partial charge in [0, 0.05) is 20.1 Å². The van der Waals surface area contributed by atoms with Crippen molar-refractivity contribution < 1.29 is 13.9 Å². The Balaban J connectivity index is 1.91. The Morgan fingerprint density at radius 3 is 2.76 bits per heavy atom. The van der Waals surface area contributed by atoms with E-state index in [0.717, 1.165) is 18.5 Å². The quantitative estimate of drug-likeness (QED) is 0.858. The van der Waals surface area contributed by atoms with Crippen molar-refractivity contribution in [2.24, 2.45) is 0 Å². The van der Waals surface area contributed by atoms with Gasteiger partial charge in [-0.25, -0.2) is 4.39 Å². The highest BCUT2D eigenvalue weighted by atomic mass is 19.1. The molecule has 2 atom stereocenters. The summed E-state index contributed by atoms with van der Waals surface area (Å²) in [5.74, 6) is -0.143. The minimum Gasteiger partial charge on any atom is -0.380 e. The van der Waals surface area contributed by atoms with Crippen molar-refractivity contribution in [2.45, 2.75) is 25.0 Å². The highest BCUT2D eigenvalue weighted by Crippen LogP contribution is 2.13. The van der Waals surface area contributed by atoms with E-state index < -0.39 is 0 Å². The van der Waals surface area contributed by atoms with Crippen LogP contribution in [-0.4, -0.2) is 31.6 Å². The number of halogens is 1. The maximum Gasteiger partial charge on any atom is 0.154 e. The lowest BCUT2D eigenvalue weighted by Gasteiger charge is -2.09. The van der Waals surface area contributed by atoms with Gasteiger partial charge in [-0.1, -0.05) is 12.1 Å². The van der Waals surface area contributed by atoms with E-state index >= 15 is 0 Å². The first-order valence-corrected chi connectivity index (χ1v) is 5.72. The molecule has 1 aromatic rings. The zero-order valence-electron chi connectivity index (χ0n) is 9.78. The van der Waals surface area contributed by atoms with Gasteiger partial charge in [0.05, 0.1) is 12.1 Å². The maximum absolute atomic E-state index is 12.7. The van der Waals surface area contributed by atoms with Gasteiger partial charge in [-0.05, 0) is 24.1 Å². The van der Waals surface area contributed by atoms with Crippen molar-refractivity contribution >= 4 is 5.78 Å². The standard InChI is InChI=1S/C13H16FNO2/c1-17-11-7-12(15-8-11)13(16)6-9-2-4-10(14)5-3-9/h2-5,11-12,15H,6-8H2,1H3. The van der Waals surface area contributed by atoms with Gasteiger partial charge in [-0.2, -0.15) is 0 Å². The summed E-state index contributed by atoms with van der Waals surface area (Å²) >= 11 is 0. The molecular weight excluding hydrogens is 221 g/mol. The molecule has 2 rings (SSSR count). The largest absolute Gasteiger partial charge is 0.380 e. The van der Waals surface area contributed by atoms with Crippen molar-refractivity contribution in [1.29, 1.82) is 0 Å². The molecule has 0 amide bonds. The Bertz CT molecular complexity index is 391. The third kappa shape index (κ3) is 3.11. The van der Waals surface area contributed by atoms with Gasteiger partial charge in [0.15, 0.2) is 5.78 Å². The average molecular weight is 237 g/mol. The summed E-state index contributed by atoms with van der Waals surface area (Å²) in [6.45, 7) is 0.719. The molecule has 1 aliphatic rings. The molecule has 1 saturated heterocycles. The summed E-state index contributed by atoms with van der Waals surface area (Å²) in [6, 6.07) is 5.92. The third-order valence-electron chi connectivity index (χ3n) is 3.10. The lowest BCUT2D eigenvalue weighted by molar-refractivity contribution is -0.120. The Morgan fingerprint density at radius 2 is 2.18 bits per heavy atom. The number of methoxy groups -OCH3 is 1. The van der Waals surface area contributed by atoms with E-state index in [0.29, 0.717) is 6.42 Å². The number of nitrogens with one attached hydrogen (secondary N) is 1. The fraction of sp³-hybridized carbons (Fsp3) is 0.462. The second-order valence-corrected chi connectivity index (χ2v) is 4.32. The number of ketones is 1. The second kappa shape index (κ2) is 5.38. The predicted molar refractivity (Wildman–Crippen MR) is 62.3 cm³/mol. The van der Waals surface area contributed by atoms with Crippen LogP contribution in [0.2, 0.25) is 0 Å². The van der Waals surface area contributed by atoms with E-state index in [1.54, 1.807) is 19.2 Å². The normalized spacial score (nSPS) is 23.9. The highest BCUT2D eigenvalue weighted by molar-refractivity contribution is 5.86. The first-order valence-electron chi connectivity index (χ1n) is 5.72. The molecule has 1 aliphatic heterocycles. The predicted octanol–water partition coefficient (Wildman–Crippen LogP) is 1.31. The van der Waals surface area contributed by atoms with Crippen LogP contribution < -0.4 is 5.32 Å². The molecule has 3 nitrogen and oxygen atoms in total. The molecule has 0 saturated carbocycles. The second-order valence-electron chi connectivity index (χ2n) is 4.32. The first kappa shape index (κ1) is 12.2. The monoisotopic (exact) mass is 237 g/mol. The van der Waals surface area contributed by atoms with Gasteiger partial charge < -0.3 is 10.1 Å². The number of hydrogen-bond acceptors (Lipinski definition) is 3. The van der Waals surface area contributed by atoms with Crippen molar-refractivity contribution in [2.75, 3.05) is 13.7 Å². The molecule has 1 fully saturated rings. The van der Waals surface area contributed by atoms with Gasteiger partial charge in [0.25, 0.3) is 0 Å². The molecule has 1 N–H and O–H groups in total. The van der Waals surface area contributed by atoms with Gasteiger partial charge in [0.1, 0.15) is 5.82 Å². The van der Waals surface area contributed by atoms with E-state index in [2.05, 4.69) is 5.32 Å². The van der Waals surface area contributed by atoms with Crippen molar-refractivity contribution in [1.82, 2.24) is 5.32 Å². The van der Waals surface area contributed by atoms with Crippen LogP contribution in [0.4, 0.5) is 4.39 Å². The molecule has 92 valence electrons. The summed E-state index contributed by atoms with van der Waals surface area (Å²) in [4.78, 5) is 11.9. The molecule has 0 bridgehead atoms. The van der Waals surface area contributed by atoms with Gasteiger partial charge >= 0.3 is 0 Å². The number of rotatable bonds is 4. The molecule has 0 aliphatic carbocycles. The zero-order chi connectivity index (χ0) is 12.3. The summed E-state index contributed by atoms with van der Waals surface area (Å²) in [5, 5.41) is 3.14. The smallest absolute Gasteiger partial charge is 0.154 e. The van der Waals surface area contributed by atoms with E-state index in [-0.39, 0.29) is 23.7 Å². The molecule has 17 heavy (non-hydrogen) atoms. The summed E-state index contributed by atoms with van der Waals surface area (Å²) in [5.41, 5.74) is 0.846. The minimum atomic E-state index is -0.278. The number of benzene rings is 1. The van der Waals surface area contributed by atoms with Gasteiger partial charge in [-0.3, -0.25) is 4.79 Å². The van der Waals surface area contributed by atoms with E-state index in [9.17, 15) is 9.18 Å². The van der Waals surface area contributed by atoms with Crippen LogP contribution in [0.5, 0.6) is 0 Å². The van der Waals surface area contributed by atoms with Crippen LogP contribution >= 0.6 is 0 Å². The Morgan fingerprint density at radius 1 is 1.47 bits per heavy atom. The molecule has 1 aromatic carbocycles. The topological polar surface area (TPSA) is 38.3 Å². The minimum absolute atomic E-state index is 0.122. The van der Waals surface area contributed by atoms with Crippen molar-refractivity contribution in [3.05, 3.63) is 35.6 Å². The zero-order valence-corrected chi connectivity index (χ0v) is 9.78. The van der Waals surface area contributed by atoms with E-state index in [4.69, 9.17) is 4.74 Å². The molecule has 0 radical (unpaired) electrons. The number of carbonyl (C=O) groups is 1. The highest BCUT2D eigenvalue weighted by Gasteiger charge is 2.28. The third-order valence-corrected chi connectivity index (χ3v) is 3.10. The van der Waals surface area contributed by atoms with E-state index in [1.807, 2.05) is 0 Å². The Hall–Kier alpha value is -1.26. The van der Waals surface area contributed by atoms with Crippen molar-refractivity contribution in [3.8, 4) is 0 Å². The fourth-order valence-electron chi connectivity index (χ4n) is 2.05. The van der Waals surface area contributed by atoms with Crippen LogP contribution in [0.25, 0.3) is 0 Å². The van der Waals surface area contributed by atoms with Crippen LogP contribution in [0.1, 0.15) is 12.0 Å². The summed E-state index contributed by atoms with van der Waals surface area (Å²) in [7, 11) is 1.65. The fourth-order valence-corrected chi connectivity index (χ4v) is 2.05. The van der Waals surface area contributed by atoms with Crippen LogP contribution in [0.15, 0.2) is 24.3 Å². The van der Waals surface area contributed by atoms with Crippen molar-refractivity contribution in [3.63, 3.8) is 0 Å². The molecule has 1 heterocycles. The first-order chi connectivity index (χ1) is 8.19. The lowest BCUT2D eigenvalue weighted by atomic mass is 10.0. The van der Waals surface area contributed by atoms with Crippen LogP contribution in [0, 0.1) is 5.82 Å². The lowest BCUT2D eigenvalue weighted by Crippen LogP contribution is -2.31.